The van der Waals surface area contributed by atoms with Gasteiger partial charge in [-0.2, -0.15) is 0 Å². The largest absolute Gasteiger partial charge is 0.398 e. The third-order valence-corrected chi connectivity index (χ3v) is 1.66. The Morgan fingerprint density at radius 2 is 2.25 bits per heavy atom. The molecule has 0 amide bonds. The molecule has 12 heavy (non-hydrogen) atoms. The van der Waals surface area contributed by atoms with E-state index in [-0.39, 0.29) is 0 Å². The fraction of sp³-hybridized carbons (Fsp3) is 0.222. The quantitative estimate of drug-likeness (QED) is 0.499. The van der Waals surface area contributed by atoms with Gasteiger partial charge in [0, 0.05) is 31.1 Å². The van der Waals surface area contributed by atoms with Gasteiger partial charge in [-0.05, 0) is 11.6 Å². The Kier molecular flexibility index (Phi) is 2.82. The van der Waals surface area contributed by atoms with Crippen molar-refractivity contribution in [3.63, 3.8) is 0 Å². The second kappa shape index (κ2) is 3.88. The van der Waals surface area contributed by atoms with E-state index in [0.29, 0.717) is 6.54 Å². The van der Waals surface area contributed by atoms with Crippen molar-refractivity contribution in [3.05, 3.63) is 29.3 Å². The third kappa shape index (κ3) is 1.83. The van der Waals surface area contributed by atoms with Gasteiger partial charge >= 0.3 is 0 Å². The number of anilines is 1. The van der Waals surface area contributed by atoms with Crippen LogP contribution in [0.4, 0.5) is 5.69 Å². The maximum Gasteiger partial charge on any atom is 0.0406 e. The van der Waals surface area contributed by atoms with E-state index in [4.69, 9.17) is 11.5 Å². The number of nitrogens with two attached hydrogens (primary N) is 2. The molecular formula is C9H13N3. The summed E-state index contributed by atoms with van der Waals surface area (Å²) < 4.78 is 0. The van der Waals surface area contributed by atoms with Gasteiger partial charge in [0.15, 0.2) is 0 Å². The summed E-state index contributed by atoms with van der Waals surface area (Å²) in [5, 5.41) is 0. The van der Waals surface area contributed by atoms with Crippen LogP contribution in [0.1, 0.15) is 11.1 Å². The Bertz CT molecular complexity index is 292. The topological polar surface area (TPSA) is 64.4 Å². The van der Waals surface area contributed by atoms with Gasteiger partial charge in [0.05, 0.1) is 0 Å². The van der Waals surface area contributed by atoms with Crippen LogP contribution in [0.5, 0.6) is 0 Å². The fourth-order valence-electron chi connectivity index (χ4n) is 1.01. The molecule has 0 unspecified atom stereocenters. The molecule has 0 fully saturated rings. The van der Waals surface area contributed by atoms with Gasteiger partial charge in [-0.25, -0.2) is 0 Å². The summed E-state index contributed by atoms with van der Waals surface area (Å²) in [6, 6.07) is 5.74. The minimum atomic E-state index is 0.522. The zero-order valence-electron chi connectivity index (χ0n) is 7.12. The lowest BCUT2D eigenvalue weighted by Gasteiger charge is -2.01. The number of hydrogen-bond acceptors (Lipinski definition) is 3. The number of aliphatic imine (C=N–C) groups is 1. The van der Waals surface area contributed by atoms with Crippen LogP contribution in [-0.2, 0) is 6.54 Å². The van der Waals surface area contributed by atoms with Crippen LogP contribution >= 0.6 is 0 Å². The second-order valence-electron chi connectivity index (χ2n) is 2.55. The van der Waals surface area contributed by atoms with Gasteiger partial charge in [-0.15, -0.1) is 0 Å². The normalized spacial score (nSPS) is 10.8. The molecule has 0 atom stereocenters. The first-order valence-electron chi connectivity index (χ1n) is 3.78. The summed E-state index contributed by atoms with van der Waals surface area (Å²) in [6.07, 6.45) is 1.73. The van der Waals surface area contributed by atoms with Crippen molar-refractivity contribution in [3.8, 4) is 0 Å². The van der Waals surface area contributed by atoms with Gasteiger partial charge in [-0.3, -0.25) is 4.99 Å². The van der Waals surface area contributed by atoms with Gasteiger partial charge in [0.2, 0.25) is 0 Å². The molecule has 0 aliphatic heterocycles. The zero-order chi connectivity index (χ0) is 8.97. The molecule has 0 aliphatic rings. The Morgan fingerprint density at radius 3 is 2.75 bits per heavy atom. The molecule has 0 aromatic heterocycles. The molecule has 3 heteroatoms. The van der Waals surface area contributed by atoms with E-state index in [9.17, 15) is 0 Å². The van der Waals surface area contributed by atoms with E-state index >= 15 is 0 Å². The molecule has 0 saturated heterocycles. The number of nitrogens with zero attached hydrogens (tertiary/aromatic N) is 1. The minimum absolute atomic E-state index is 0.522. The molecule has 4 N–H and O–H groups in total. The molecule has 0 radical (unpaired) electrons. The average Bonchev–Trinajstić information content (AvgIpc) is 2.09. The number of hydrogen-bond donors (Lipinski definition) is 2. The Balaban J connectivity index is 3.03. The molecule has 3 nitrogen and oxygen atoms in total. The maximum absolute atomic E-state index is 5.74. The zero-order valence-corrected chi connectivity index (χ0v) is 7.12. The highest BCUT2D eigenvalue weighted by atomic mass is 14.6. The van der Waals surface area contributed by atoms with Crippen LogP contribution in [0.25, 0.3) is 0 Å². The summed E-state index contributed by atoms with van der Waals surface area (Å²) in [6.45, 7) is 0.522. The van der Waals surface area contributed by atoms with Crippen LogP contribution in [0.3, 0.4) is 0 Å². The molecule has 0 saturated carbocycles. The third-order valence-electron chi connectivity index (χ3n) is 1.66. The predicted molar refractivity (Wildman–Crippen MR) is 52.3 cm³/mol. The highest BCUT2D eigenvalue weighted by Crippen LogP contribution is 2.11. The lowest BCUT2D eigenvalue weighted by atomic mass is 10.1. The molecule has 0 spiro atoms. The number of benzene rings is 1. The van der Waals surface area contributed by atoms with Crippen LogP contribution in [0.2, 0.25) is 0 Å². The van der Waals surface area contributed by atoms with Crippen molar-refractivity contribution in [1.29, 1.82) is 0 Å². The van der Waals surface area contributed by atoms with E-state index in [1.165, 1.54) is 0 Å². The van der Waals surface area contributed by atoms with Gasteiger partial charge in [0.1, 0.15) is 0 Å². The molecule has 0 aliphatic carbocycles. The van der Waals surface area contributed by atoms with Gasteiger partial charge in [0.25, 0.3) is 0 Å². The Hall–Kier alpha value is -1.35. The van der Waals surface area contributed by atoms with Gasteiger partial charge < -0.3 is 11.5 Å². The summed E-state index contributed by atoms with van der Waals surface area (Å²) in [5.74, 6) is 0. The maximum atomic E-state index is 5.74. The lowest BCUT2D eigenvalue weighted by molar-refractivity contribution is 1.07. The van der Waals surface area contributed by atoms with Crippen LogP contribution in [0, 0.1) is 0 Å². The number of rotatable bonds is 2. The summed E-state index contributed by atoms with van der Waals surface area (Å²) in [5.41, 5.74) is 13.9. The van der Waals surface area contributed by atoms with Crippen molar-refractivity contribution in [1.82, 2.24) is 0 Å². The van der Waals surface area contributed by atoms with Crippen molar-refractivity contribution >= 4 is 11.9 Å². The standard InChI is InChI=1S/C9H13N3/c1-12-6-8-3-2-7(5-10)4-9(8)11/h2-4,6H,5,10-11H2,1H3. The monoisotopic (exact) mass is 163 g/mol. The smallest absolute Gasteiger partial charge is 0.0406 e. The van der Waals surface area contributed by atoms with Crippen LogP contribution in [-0.4, -0.2) is 13.3 Å². The highest BCUT2D eigenvalue weighted by Gasteiger charge is 1.96. The summed E-state index contributed by atoms with van der Waals surface area (Å²) >= 11 is 0. The summed E-state index contributed by atoms with van der Waals surface area (Å²) in [7, 11) is 1.72. The molecule has 0 heterocycles. The number of nitrogen functional groups attached to an aromatic ring is 1. The van der Waals surface area contributed by atoms with Crippen LogP contribution in [0.15, 0.2) is 23.2 Å². The molecule has 0 bridgehead atoms. The van der Waals surface area contributed by atoms with Crippen molar-refractivity contribution in [2.24, 2.45) is 10.7 Å². The Labute approximate surface area is 72.1 Å². The molecule has 64 valence electrons. The first-order valence-corrected chi connectivity index (χ1v) is 3.78. The van der Waals surface area contributed by atoms with E-state index in [2.05, 4.69) is 4.99 Å². The molecule has 1 rings (SSSR count). The van der Waals surface area contributed by atoms with Crippen molar-refractivity contribution in [2.75, 3.05) is 12.8 Å². The van der Waals surface area contributed by atoms with E-state index in [0.717, 1.165) is 16.8 Å². The molecule has 1 aromatic carbocycles. The first kappa shape index (κ1) is 8.74. The summed E-state index contributed by atoms with van der Waals surface area (Å²) in [4.78, 5) is 3.89. The highest BCUT2D eigenvalue weighted by molar-refractivity contribution is 5.86. The van der Waals surface area contributed by atoms with Crippen LogP contribution < -0.4 is 11.5 Å². The minimum Gasteiger partial charge on any atom is -0.398 e. The van der Waals surface area contributed by atoms with E-state index < -0.39 is 0 Å². The first-order chi connectivity index (χ1) is 5.77. The molecule has 1 aromatic rings. The Morgan fingerprint density at radius 1 is 1.50 bits per heavy atom. The van der Waals surface area contributed by atoms with Gasteiger partial charge in [-0.1, -0.05) is 12.1 Å². The molecular weight excluding hydrogens is 150 g/mol. The van der Waals surface area contributed by atoms with Crippen molar-refractivity contribution in [2.45, 2.75) is 6.54 Å². The predicted octanol–water partition coefficient (Wildman–Crippen LogP) is 0.776. The SMILES string of the molecule is CN=Cc1ccc(CN)cc1N. The van der Waals surface area contributed by atoms with Crippen molar-refractivity contribution < 1.29 is 0 Å². The average molecular weight is 163 g/mol. The van der Waals surface area contributed by atoms with E-state index in [1.807, 2.05) is 18.2 Å². The fourth-order valence-corrected chi connectivity index (χ4v) is 1.01. The lowest BCUT2D eigenvalue weighted by Crippen LogP contribution is -1.99. The van der Waals surface area contributed by atoms with E-state index in [1.54, 1.807) is 13.3 Å². The second-order valence-corrected chi connectivity index (χ2v) is 2.55.